The van der Waals surface area contributed by atoms with Crippen molar-refractivity contribution in [1.29, 1.82) is 0 Å². The quantitative estimate of drug-likeness (QED) is 0.460. The summed E-state index contributed by atoms with van der Waals surface area (Å²) in [5.41, 5.74) is 2.15. The van der Waals surface area contributed by atoms with Gasteiger partial charge in [-0.1, -0.05) is 12.8 Å². The predicted molar refractivity (Wildman–Crippen MR) is 91.6 cm³/mol. The number of pyridine rings is 1. The molecule has 2 rings (SSSR count). The van der Waals surface area contributed by atoms with Crippen molar-refractivity contribution >= 4 is 12.7 Å². The number of hydrogen-bond donors (Lipinski definition) is 0. The minimum Gasteiger partial charge on any atom is -0.462 e. The number of carbonyl (C=O) groups excluding carboxylic acids is 1. The van der Waals surface area contributed by atoms with Crippen LogP contribution in [0.2, 0.25) is 0 Å². The van der Waals surface area contributed by atoms with E-state index in [1.807, 2.05) is 0 Å². The van der Waals surface area contributed by atoms with Crippen LogP contribution >= 0.6 is 0 Å². The van der Waals surface area contributed by atoms with E-state index in [1.54, 1.807) is 17.6 Å². The maximum atomic E-state index is 12.8. The minimum atomic E-state index is -0.516. The Morgan fingerprint density at radius 3 is 2.74 bits per heavy atom. The van der Waals surface area contributed by atoms with Crippen LogP contribution in [0, 0.1) is 0 Å². The molecule has 0 N–H and O–H groups in total. The first-order chi connectivity index (χ1) is 11.2. The van der Waals surface area contributed by atoms with Gasteiger partial charge in [0.15, 0.2) is 0 Å². The Balaban J connectivity index is 2.47. The van der Waals surface area contributed by atoms with Crippen LogP contribution in [-0.2, 0) is 24.1 Å². The molecule has 1 aromatic rings. The maximum Gasteiger partial charge on any atom is 0.343 e. The van der Waals surface area contributed by atoms with E-state index in [1.165, 1.54) is 12.8 Å². The molecule has 0 saturated heterocycles. The third-order valence-corrected chi connectivity index (χ3v) is 4.29. The summed E-state index contributed by atoms with van der Waals surface area (Å²) in [6, 6.07) is 1.77. The lowest BCUT2D eigenvalue weighted by atomic mass is 9.95. The predicted octanol–water partition coefficient (Wildman–Crippen LogP) is 2.77. The van der Waals surface area contributed by atoms with Crippen LogP contribution in [0.5, 0.6) is 0 Å². The van der Waals surface area contributed by atoms with Gasteiger partial charge in [0.05, 0.1) is 6.61 Å². The van der Waals surface area contributed by atoms with E-state index in [0.29, 0.717) is 13.1 Å². The van der Waals surface area contributed by atoms with Crippen molar-refractivity contribution in [3.05, 3.63) is 33.2 Å². The van der Waals surface area contributed by atoms with Gasteiger partial charge in [0.2, 0.25) is 0 Å². The first-order valence-corrected chi connectivity index (χ1v) is 8.54. The molecule has 1 aliphatic rings. The van der Waals surface area contributed by atoms with Crippen LogP contribution in [0.1, 0.15) is 60.6 Å². The molecule has 1 aromatic heterocycles. The molecule has 0 amide bonds. The van der Waals surface area contributed by atoms with Gasteiger partial charge < -0.3 is 14.3 Å². The van der Waals surface area contributed by atoms with E-state index in [4.69, 9.17) is 4.74 Å². The smallest absolute Gasteiger partial charge is 0.343 e. The van der Waals surface area contributed by atoms with Crippen molar-refractivity contribution in [3.8, 4) is 0 Å². The number of ether oxygens (including phenoxy) is 1. The Morgan fingerprint density at radius 2 is 2.04 bits per heavy atom. The molecule has 0 radical (unpaired) electrons. The molecule has 5 nitrogen and oxygen atoms in total. The van der Waals surface area contributed by atoms with Crippen molar-refractivity contribution in [2.75, 3.05) is 13.2 Å². The summed E-state index contributed by atoms with van der Waals surface area (Å²) in [6.45, 7) is 6.70. The van der Waals surface area contributed by atoms with Gasteiger partial charge in [0.25, 0.3) is 5.56 Å². The van der Waals surface area contributed by atoms with Crippen LogP contribution in [-0.4, -0.2) is 30.4 Å². The van der Waals surface area contributed by atoms with Crippen molar-refractivity contribution in [2.45, 2.75) is 58.4 Å². The van der Waals surface area contributed by atoms with Crippen LogP contribution in [0.3, 0.4) is 0 Å². The van der Waals surface area contributed by atoms with Gasteiger partial charge in [-0.2, -0.15) is 0 Å². The maximum absolute atomic E-state index is 12.8. The van der Waals surface area contributed by atoms with E-state index in [9.17, 15) is 9.59 Å². The average molecular weight is 318 g/mol. The number of carbonyl (C=O) groups is 1. The normalized spacial score (nSPS) is 14.5. The summed E-state index contributed by atoms with van der Waals surface area (Å²) >= 11 is 0. The molecule has 0 aromatic carbocycles. The zero-order chi connectivity index (χ0) is 16.7. The fourth-order valence-corrected chi connectivity index (χ4v) is 3.17. The number of hydrogen-bond acceptors (Lipinski definition) is 4. The molecular weight excluding hydrogens is 292 g/mol. The molecule has 1 heterocycles. The molecule has 0 spiro atoms. The standard InChI is InChI=1S/C18H26N2O3/c1-3-23-18(22)15-13-14-9-6-4-5-7-10-16(14)20(17(15)21)12-8-11-19-2/h13H,2-12H2,1H3. The summed E-state index contributed by atoms with van der Waals surface area (Å²) in [6.07, 6.45) is 7.15. The summed E-state index contributed by atoms with van der Waals surface area (Å²) < 4.78 is 6.83. The lowest BCUT2D eigenvalue weighted by Gasteiger charge is -2.20. The second-order valence-corrected chi connectivity index (χ2v) is 5.92. The molecule has 0 atom stereocenters. The number of aryl methyl sites for hydroxylation is 1. The Morgan fingerprint density at radius 1 is 1.30 bits per heavy atom. The Hall–Kier alpha value is -1.91. The molecule has 1 aliphatic carbocycles. The Labute approximate surface area is 137 Å². The topological polar surface area (TPSA) is 60.7 Å². The van der Waals surface area contributed by atoms with Gasteiger partial charge in [-0.05, 0) is 57.4 Å². The highest BCUT2D eigenvalue weighted by Gasteiger charge is 2.20. The molecular formula is C18H26N2O3. The Bertz CT molecular complexity index is 619. The first-order valence-electron chi connectivity index (χ1n) is 8.54. The van der Waals surface area contributed by atoms with E-state index in [0.717, 1.165) is 43.4 Å². The largest absolute Gasteiger partial charge is 0.462 e. The zero-order valence-corrected chi connectivity index (χ0v) is 14.0. The van der Waals surface area contributed by atoms with Crippen LogP contribution in [0.4, 0.5) is 0 Å². The highest BCUT2D eigenvalue weighted by atomic mass is 16.5. The van der Waals surface area contributed by atoms with Crippen molar-refractivity contribution in [2.24, 2.45) is 4.99 Å². The monoisotopic (exact) mass is 318 g/mol. The lowest BCUT2D eigenvalue weighted by Crippen LogP contribution is -2.31. The van der Waals surface area contributed by atoms with Crippen LogP contribution in [0.25, 0.3) is 0 Å². The lowest BCUT2D eigenvalue weighted by molar-refractivity contribution is 0.0523. The van der Waals surface area contributed by atoms with Crippen molar-refractivity contribution < 1.29 is 9.53 Å². The van der Waals surface area contributed by atoms with Crippen molar-refractivity contribution in [3.63, 3.8) is 0 Å². The number of nitrogens with zero attached hydrogens (tertiary/aromatic N) is 2. The number of rotatable bonds is 6. The molecule has 126 valence electrons. The van der Waals surface area contributed by atoms with Gasteiger partial charge in [-0.25, -0.2) is 4.79 Å². The summed E-state index contributed by atoms with van der Waals surface area (Å²) in [7, 11) is 0. The Kier molecular flexibility index (Phi) is 6.56. The molecule has 0 saturated carbocycles. The summed E-state index contributed by atoms with van der Waals surface area (Å²) in [5.74, 6) is -0.516. The summed E-state index contributed by atoms with van der Waals surface area (Å²) in [5, 5.41) is 0. The number of fused-ring (bicyclic) bond motifs is 1. The molecule has 0 unspecified atom stereocenters. The third kappa shape index (κ3) is 4.30. The minimum absolute atomic E-state index is 0.165. The van der Waals surface area contributed by atoms with Gasteiger partial charge >= 0.3 is 5.97 Å². The van der Waals surface area contributed by atoms with E-state index >= 15 is 0 Å². The average Bonchev–Trinajstić information content (AvgIpc) is 2.51. The number of aromatic nitrogens is 1. The second-order valence-electron chi connectivity index (χ2n) is 5.92. The van der Waals surface area contributed by atoms with Gasteiger partial charge in [0.1, 0.15) is 5.56 Å². The van der Waals surface area contributed by atoms with Gasteiger partial charge in [-0.3, -0.25) is 4.79 Å². The molecule has 5 heteroatoms. The van der Waals surface area contributed by atoms with Crippen LogP contribution < -0.4 is 5.56 Å². The SMILES string of the molecule is C=NCCCn1c2c(cc(C(=O)OCC)c1=O)CCCCCC2. The van der Waals surface area contributed by atoms with Crippen molar-refractivity contribution in [1.82, 2.24) is 4.57 Å². The highest BCUT2D eigenvalue weighted by Crippen LogP contribution is 2.20. The van der Waals surface area contributed by atoms with Gasteiger partial charge in [-0.15, -0.1) is 0 Å². The molecule has 23 heavy (non-hydrogen) atoms. The summed E-state index contributed by atoms with van der Waals surface area (Å²) in [4.78, 5) is 28.7. The van der Waals surface area contributed by atoms with E-state index in [2.05, 4.69) is 11.7 Å². The fourth-order valence-electron chi connectivity index (χ4n) is 3.17. The number of esters is 1. The molecule has 0 fully saturated rings. The number of aliphatic imine (C=N–C) groups is 1. The fraction of sp³-hybridized carbons (Fsp3) is 0.611. The first kappa shape index (κ1) is 17.4. The van der Waals surface area contributed by atoms with E-state index in [-0.39, 0.29) is 17.7 Å². The highest BCUT2D eigenvalue weighted by molar-refractivity contribution is 5.89. The third-order valence-electron chi connectivity index (χ3n) is 4.29. The zero-order valence-electron chi connectivity index (χ0n) is 14.0. The van der Waals surface area contributed by atoms with E-state index < -0.39 is 5.97 Å². The van der Waals surface area contributed by atoms with Gasteiger partial charge in [0, 0.05) is 18.8 Å². The molecule has 0 bridgehead atoms. The van der Waals surface area contributed by atoms with Crippen LogP contribution in [0.15, 0.2) is 15.9 Å². The molecule has 0 aliphatic heterocycles. The second kappa shape index (κ2) is 8.65.